The van der Waals surface area contributed by atoms with Crippen molar-refractivity contribution >= 4 is 0 Å². The van der Waals surface area contributed by atoms with Crippen molar-refractivity contribution in [1.82, 2.24) is 30.1 Å². The Morgan fingerprint density at radius 1 is 0.941 bits per heavy atom. The monoisotopic (exact) mass is 452 g/mol. The molecule has 1 aliphatic rings. The molecule has 1 fully saturated rings. The third-order valence-corrected chi connectivity index (χ3v) is 6.29. The Bertz CT molecular complexity index is 1420. The molecule has 1 saturated carbocycles. The molecule has 0 atom stereocenters. The summed E-state index contributed by atoms with van der Waals surface area (Å²) in [6.07, 6.45) is 8.42. The lowest BCUT2D eigenvalue weighted by Gasteiger charge is -2.25. The summed E-state index contributed by atoms with van der Waals surface area (Å²) in [5.74, 6) is 1.07. The van der Waals surface area contributed by atoms with Gasteiger partial charge in [0, 0.05) is 23.5 Å². The Labute approximate surface area is 195 Å². The first-order chi connectivity index (χ1) is 16.8. The Balaban J connectivity index is 1.37. The molecule has 0 aliphatic heterocycles. The molecule has 7 nitrogen and oxygen atoms in total. The van der Waals surface area contributed by atoms with Crippen LogP contribution in [0.4, 0.5) is 4.39 Å². The van der Waals surface area contributed by atoms with Gasteiger partial charge in [-0.15, -0.1) is 5.10 Å². The van der Waals surface area contributed by atoms with Crippen molar-refractivity contribution in [2.45, 2.75) is 25.7 Å². The molecular formula is C26H21FN6O. The molecule has 0 unspecified atom stereocenters. The lowest BCUT2D eigenvalue weighted by molar-refractivity contribution is 0.314. The summed E-state index contributed by atoms with van der Waals surface area (Å²) in [7, 11) is 0. The first-order valence-corrected chi connectivity index (χ1v) is 11.3. The lowest BCUT2D eigenvalue weighted by atomic mass is 9.81. The van der Waals surface area contributed by atoms with Crippen LogP contribution in [-0.2, 0) is 6.42 Å². The first kappa shape index (κ1) is 20.4. The third kappa shape index (κ3) is 3.77. The van der Waals surface area contributed by atoms with Crippen molar-refractivity contribution in [1.29, 1.82) is 0 Å². The maximum atomic E-state index is 14.6. The molecule has 8 heteroatoms. The topological polar surface area (TPSA) is 82.5 Å². The quantitative estimate of drug-likeness (QED) is 0.337. The van der Waals surface area contributed by atoms with Gasteiger partial charge in [-0.1, -0.05) is 66.0 Å². The van der Waals surface area contributed by atoms with Crippen molar-refractivity contribution in [3.05, 3.63) is 84.4 Å². The summed E-state index contributed by atoms with van der Waals surface area (Å²) in [6.45, 7) is 0. The summed E-state index contributed by atoms with van der Waals surface area (Å²) >= 11 is 0. The number of aromatic nitrogens is 6. The van der Waals surface area contributed by atoms with E-state index >= 15 is 0 Å². The molecule has 0 bridgehead atoms. The Hall–Kier alpha value is -4.20. The van der Waals surface area contributed by atoms with Gasteiger partial charge in [-0.3, -0.25) is 4.98 Å². The number of para-hydroxylation sites is 1. The third-order valence-electron chi connectivity index (χ3n) is 6.29. The molecule has 0 radical (unpaired) electrons. The number of hydrogen-bond donors (Lipinski definition) is 0. The van der Waals surface area contributed by atoms with Gasteiger partial charge >= 0.3 is 0 Å². The number of nitrogens with zero attached hydrogens (tertiary/aromatic N) is 6. The van der Waals surface area contributed by atoms with Gasteiger partial charge in [0.1, 0.15) is 17.2 Å². The summed E-state index contributed by atoms with van der Waals surface area (Å²) in [5.41, 5.74) is 4.12. The van der Waals surface area contributed by atoms with Crippen LogP contribution in [0.2, 0.25) is 0 Å². The van der Waals surface area contributed by atoms with E-state index in [9.17, 15) is 4.39 Å². The summed E-state index contributed by atoms with van der Waals surface area (Å²) in [5, 5.41) is 12.7. The van der Waals surface area contributed by atoms with Crippen LogP contribution >= 0.6 is 0 Å². The van der Waals surface area contributed by atoms with Gasteiger partial charge in [0.25, 0.3) is 5.89 Å². The standard InChI is InChI=1S/C26H21FN6O/c27-21-6-1-2-7-22(21)33-24(19-12-14-28-15-13-19)23(30-32-33)26-29-25(31-34-26)20-10-8-18(9-11-20)16-17-4-3-5-17/h1-2,6-15,17H,3-5,16H2. The molecule has 0 saturated heterocycles. The number of halogens is 1. The molecule has 6 rings (SSSR count). The number of pyridine rings is 1. The zero-order valence-corrected chi connectivity index (χ0v) is 18.3. The number of hydrogen-bond acceptors (Lipinski definition) is 6. The predicted molar refractivity (Wildman–Crippen MR) is 124 cm³/mol. The number of benzene rings is 2. The van der Waals surface area contributed by atoms with Gasteiger partial charge in [-0.25, -0.2) is 9.07 Å². The van der Waals surface area contributed by atoms with Gasteiger partial charge < -0.3 is 4.52 Å². The highest BCUT2D eigenvalue weighted by atomic mass is 19.1. The van der Waals surface area contributed by atoms with Gasteiger partial charge in [0.05, 0.1) is 0 Å². The minimum atomic E-state index is -0.414. The van der Waals surface area contributed by atoms with Crippen LogP contribution in [0.1, 0.15) is 24.8 Å². The molecule has 1 aliphatic carbocycles. The van der Waals surface area contributed by atoms with E-state index in [-0.39, 0.29) is 11.6 Å². The lowest BCUT2D eigenvalue weighted by Crippen LogP contribution is -2.13. The van der Waals surface area contributed by atoms with Crippen LogP contribution < -0.4 is 0 Å². The Morgan fingerprint density at radius 2 is 1.74 bits per heavy atom. The van der Waals surface area contributed by atoms with Crippen LogP contribution in [-0.4, -0.2) is 30.1 Å². The minimum absolute atomic E-state index is 0.211. The predicted octanol–water partition coefficient (Wildman–Crippen LogP) is 5.53. The van der Waals surface area contributed by atoms with E-state index < -0.39 is 5.82 Å². The van der Waals surface area contributed by atoms with Gasteiger partial charge in [0.15, 0.2) is 5.69 Å². The molecule has 168 valence electrons. The molecule has 3 heterocycles. The molecule has 0 amide bonds. The van der Waals surface area contributed by atoms with E-state index in [0.29, 0.717) is 17.2 Å². The largest absolute Gasteiger partial charge is 0.332 e. The van der Waals surface area contributed by atoms with E-state index in [4.69, 9.17) is 4.52 Å². The molecule has 2 aromatic carbocycles. The normalized spacial score (nSPS) is 13.7. The highest BCUT2D eigenvalue weighted by Crippen LogP contribution is 2.33. The fourth-order valence-electron chi connectivity index (χ4n) is 4.24. The van der Waals surface area contributed by atoms with Crippen LogP contribution in [0.3, 0.4) is 0 Å². The van der Waals surface area contributed by atoms with Crippen LogP contribution in [0.5, 0.6) is 0 Å². The molecule has 5 aromatic rings. The van der Waals surface area contributed by atoms with Crippen molar-refractivity contribution in [3.63, 3.8) is 0 Å². The maximum Gasteiger partial charge on any atom is 0.281 e. The summed E-state index contributed by atoms with van der Waals surface area (Å²) in [4.78, 5) is 8.66. The molecule has 3 aromatic heterocycles. The second kappa shape index (κ2) is 8.62. The molecular weight excluding hydrogens is 431 g/mol. The molecule has 34 heavy (non-hydrogen) atoms. The minimum Gasteiger partial charge on any atom is -0.332 e. The van der Waals surface area contributed by atoms with Crippen LogP contribution in [0, 0.1) is 11.7 Å². The van der Waals surface area contributed by atoms with E-state index in [0.717, 1.165) is 23.5 Å². The molecule has 0 N–H and O–H groups in total. The van der Waals surface area contributed by atoms with Gasteiger partial charge in [-0.05, 0) is 42.2 Å². The SMILES string of the molecule is Fc1ccccc1-n1nnc(-c2nc(-c3ccc(CC4CCC4)cc3)no2)c1-c1ccncc1. The average Bonchev–Trinajstić information content (AvgIpc) is 3.50. The van der Waals surface area contributed by atoms with Crippen LogP contribution in [0.25, 0.3) is 39.9 Å². The van der Waals surface area contributed by atoms with E-state index in [2.05, 4.69) is 37.6 Å². The fraction of sp³-hybridized carbons (Fsp3) is 0.192. The van der Waals surface area contributed by atoms with E-state index in [1.54, 1.807) is 42.7 Å². The van der Waals surface area contributed by atoms with Crippen molar-refractivity contribution in [2.24, 2.45) is 5.92 Å². The smallest absolute Gasteiger partial charge is 0.281 e. The first-order valence-electron chi connectivity index (χ1n) is 11.3. The Morgan fingerprint density at radius 3 is 2.47 bits per heavy atom. The highest BCUT2D eigenvalue weighted by Gasteiger charge is 2.24. The second-order valence-electron chi connectivity index (χ2n) is 8.51. The van der Waals surface area contributed by atoms with Crippen molar-refractivity contribution < 1.29 is 8.91 Å². The summed E-state index contributed by atoms with van der Waals surface area (Å²) < 4.78 is 21.6. The maximum absolute atomic E-state index is 14.6. The van der Waals surface area contributed by atoms with Crippen molar-refractivity contribution in [3.8, 4) is 39.9 Å². The van der Waals surface area contributed by atoms with Crippen molar-refractivity contribution in [2.75, 3.05) is 0 Å². The Kier molecular flexibility index (Phi) is 5.18. The average molecular weight is 452 g/mol. The van der Waals surface area contributed by atoms with Gasteiger partial charge in [-0.2, -0.15) is 4.98 Å². The fourth-order valence-corrected chi connectivity index (χ4v) is 4.24. The highest BCUT2D eigenvalue weighted by molar-refractivity contribution is 5.76. The zero-order valence-electron chi connectivity index (χ0n) is 18.3. The zero-order chi connectivity index (χ0) is 22.9. The molecule has 0 spiro atoms. The van der Waals surface area contributed by atoms with Gasteiger partial charge in [0.2, 0.25) is 5.82 Å². The summed E-state index contributed by atoms with van der Waals surface area (Å²) in [6, 6.07) is 18.3. The number of rotatable bonds is 6. The van der Waals surface area contributed by atoms with Crippen LogP contribution in [0.15, 0.2) is 77.6 Å². The van der Waals surface area contributed by atoms with E-state index in [1.807, 2.05) is 12.1 Å². The second-order valence-corrected chi connectivity index (χ2v) is 8.51. The van der Waals surface area contributed by atoms with E-state index in [1.165, 1.54) is 35.6 Å².